The third kappa shape index (κ3) is 2.70. The minimum absolute atomic E-state index is 0.738. The first-order valence-electron chi connectivity index (χ1n) is 7.64. The number of aromatic nitrogens is 5. The summed E-state index contributed by atoms with van der Waals surface area (Å²) in [6.45, 7) is 3.18. The monoisotopic (exact) mass is 310 g/mol. The summed E-state index contributed by atoms with van der Waals surface area (Å²) in [6, 6.07) is 8.21. The van der Waals surface area contributed by atoms with Crippen molar-refractivity contribution in [3.05, 3.63) is 36.7 Å². The van der Waals surface area contributed by atoms with Crippen molar-refractivity contribution in [3.63, 3.8) is 0 Å². The fourth-order valence-corrected chi connectivity index (χ4v) is 2.76. The fourth-order valence-electron chi connectivity index (χ4n) is 2.76. The lowest BCUT2D eigenvalue weighted by atomic mass is 10.1. The molecule has 1 aromatic carbocycles. The third-order valence-electron chi connectivity index (χ3n) is 4.01. The van der Waals surface area contributed by atoms with E-state index in [1.807, 2.05) is 36.3 Å². The number of nitrogens with one attached hydrogen (secondary N) is 1. The number of benzene rings is 1. The van der Waals surface area contributed by atoms with Crippen molar-refractivity contribution in [2.24, 2.45) is 7.05 Å². The van der Waals surface area contributed by atoms with E-state index < -0.39 is 0 Å². The molecular formula is C16H18N6O. The third-order valence-corrected chi connectivity index (χ3v) is 4.01. The quantitative estimate of drug-likeness (QED) is 0.797. The molecule has 4 rings (SSSR count). The van der Waals surface area contributed by atoms with Crippen LogP contribution in [0.3, 0.4) is 0 Å². The molecule has 0 saturated carbocycles. The Bertz CT molecular complexity index is 772. The van der Waals surface area contributed by atoms with E-state index in [2.05, 4.69) is 32.3 Å². The molecule has 1 N–H and O–H groups in total. The van der Waals surface area contributed by atoms with Crippen molar-refractivity contribution >= 4 is 5.95 Å². The van der Waals surface area contributed by atoms with Gasteiger partial charge in [-0.1, -0.05) is 24.3 Å². The summed E-state index contributed by atoms with van der Waals surface area (Å²) in [5.41, 5.74) is 3.19. The van der Waals surface area contributed by atoms with Crippen LogP contribution in [0.4, 0.5) is 5.95 Å². The maximum absolute atomic E-state index is 5.39. The summed E-state index contributed by atoms with van der Waals surface area (Å²) in [5, 5.41) is 11.4. The van der Waals surface area contributed by atoms with Gasteiger partial charge in [0.15, 0.2) is 5.82 Å². The summed E-state index contributed by atoms with van der Waals surface area (Å²) in [5.74, 6) is 1.63. The molecule has 0 bridgehead atoms. The Morgan fingerprint density at radius 2 is 1.78 bits per heavy atom. The van der Waals surface area contributed by atoms with Crippen LogP contribution in [0.15, 0.2) is 36.7 Å². The van der Waals surface area contributed by atoms with Gasteiger partial charge in [0.1, 0.15) is 0 Å². The number of hydrogen-bond donors (Lipinski definition) is 1. The van der Waals surface area contributed by atoms with Crippen molar-refractivity contribution in [1.29, 1.82) is 0 Å². The first kappa shape index (κ1) is 14.0. The highest BCUT2D eigenvalue weighted by atomic mass is 16.5. The number of aryl methyl sites for hydroxylation is 1. The van der Waals surface area contributed by atoms with Crippen LogP contribution in [-0.2, 0) is 11.8 Å². The highest BCUT2D eigenvalue weighted by Gasteiger charge is 2.18. The van der Waals surface area contributed by atoms with Crippen LogP contribution in [0.2, 0.25) is 0 Å². The Balaban J connectivity index is 1.60. The molecule has 0 atom stereocenters. The topological polar surface area (TPSA) is 71.9 Å². The molecule has 118 valence electrons. The highest BCUT2D eigenvalue weighted by molar-refractivity contribution is 5.66. The van der Waals surface area contributed by atoms with Crippen LogP contribution in [0, 0.1) is 0 Å². The van der Waals surface area contributed by atoms with Gasteiger partial charge in [0.2, 0.25) is 5.95 Å². The standard InChI is InChI=1S/C16H18N6O/c1-21-16(22-6-8-23-9-7-22)19-15(20-21)13-4-2-12(3-5-13)14-10-17-18-11-14/h2-5,10-11H,6-9H2,1H3,(H,17,18). The van der Waals surface area contributed by atoms with Crippen molar-refractivity contribution in [2.75, 3.05) is 31.2 Å². The molecule has 0 spiro atoms. The van der Waals surface area contributed by atoms with Gasteiger partial charge in [-0.3, -0.25) is 5.10 Å². The summed E-state index contributed by atoms with van der Waals surface area (Å²) >= 11 is 0. The molecule has 0 aliphatic carbocycles. The number of H-pyrrole nitrogens is 1. The maximum Gasteiger partial charge on any atom is 0.224 e. The SMILES string of the molecule is Cn1nc(-c2ccc(-c3cn[nH]c3)cc2)nc1N1CCOCC1. The average molecular weight is 310 g/mol. The van der Waals surface area contributed by atoms with Crippen LogP contribution >= 0.6 is 0 Å². The number of ether oxygens (including phenoxy) is 1. The second kappa shape index (κ2) is 5.85. The van der Waals surface area contributed by atoms with Gasteiger partial charge in [0.05, 0.1) is 19.4 Å². The van der Waals surface area contributed by atoms with Crippen LogP contribution < -0.4 is 4.90 Å². The minimum atomic E-state index is 0.738. The number of rotatable bonds is 3. The Morgan fingerprint density at radius 1 is 1.04 bits per heavy atom. The normalized spacial score (nSPS) is 15.1. The average Bonchev–Trinajstić information content (AvgIpc) is 3.26. The first-order valence-corrected chi connectivity index (χ1v) is 7.64. The molecule has 0 amide bonds. The van der Waals surface area contributed by atoms with Gasteiger partial charge in [-0.25, -0.2) is 4.68 Å². The predicted molar refractivity (Wildman–Crippen MR) is 87.1 cm³/mol. The minimum Gasteiger partial charge on any atom is -0.378 e. The number of anilines is 1. The number of hydrogen-bond acceptors (Lipinski definition) is 5. The van der Waals surface area contributed by atoms with Crippen LogP contribution in [0.1, 0.15) is 0 Å². The van der Waals surface area contributed by atoms with Gasteiger partial charge in [0.25, 0.3) is 0 Å². The summed E-state index contributed by atoms with van der Waals surface area (Å²) in [7, 11) is 1.93. The zero-order chi connectivity index (χ0) is 15.6. The van der Waals surface area contributed by atoms with Gasteiger partial charge in [-0.05, 0) is 5.56 Å². The van der Waals surface area contributed by atoms with Gasteiger partial charge in [0, 0.05) is 37.5 Å². The van der Waals surface area contributed by atoms with Crippen molar-refractivity contribution in [2.45, 2.75) is 0 Å². The highest BCUT2D eigenvalue weighted by Crippen LogP contribution is 2.24. The van der Waals surface area contributed by atoms with E-state index in [9.17, 15) is 0 Å². The second-order valence-electron chi connectivity index (χ2n) is 5.52. The predicted octanol–water partition coefficient (Wildman–Crippen LogP) is 1.71. The molecular weight excluding hydrogens is 292 g/mol. The molecule has 1 saturated heterocycles. The van der Waals surface area contributed by atoms with Crippen LogP contribution in [-0.4, -0.2) is 51.3 Å². The second-order valence-corrected chi connectivity index (χ2v) is 5.52. The Kier molecular flexibility index (Phi) is 3.55. The lowest BCUT2D eigenvalue weighted by Gasteiger charge is -2.26. The Labute approximate surface area is 133 Å². The molecule has 3 heterocycles. The van der Waals surface area contributed by atoms with Crippen LogP contribution in [0.5, 0.6) is 0 Å². The van der Waals surface area contributed by atoms with E-state index in [0.29, 0.717) is 0 Å². The molecule has 0 unspecified atom stereocenters. The molecule has 23 heavy (non-hydrogen) atoms. The van der Waals surface area contributed by atoms with Crippen molar-refractivity contribution in [1.82, 2.24) is 25.0 Å². The lowest BCUT2D eigenvalue weighted by Crippen LogP contribution is -2.37. The Hall–Kier alpha value is -2.67. The molecule has 0 radical (unpaired) electrons. The van der Waals surface area contributed by atoms with E-state index in [0.717, 1.165) is 54.8 Å². The van der Waals surface area contributed by atoms with Gasteiger partial charge >= 0.3 is 0 Å². The van der Waals surface area contributed by atoms with E-state index in [-0.39, 0.29) is 0 Å². The number of morpholine rings is 1. The smallest absolute Gasteiger partial charge is 0.224 e. The zero-order valence-electron chi connectivity index (χ0n) is 12.9. The van der Waals surface area contributed by atoms with Gasteiger partial charge < -0.3 is 9.64 Å². The largest absolute Gasteiger partial charge is 0.378 e. The van der Waals surface area contributed by atoms with E-state index >= 15 is 0 Å². The van der Waals surface area contributed by atoms with Crippen LogP contribution in [0.25, 0.3) is 22.5 Å². The first-order chi connectivity index (χ1) is 11.3. The molecule has 2 aromatic heterocycles. The zero-order valence-corrected chi connectivity index (χ0v) is 12.9. The molecule has 7 heteroatoms. The maximum atomic E-state index is 5.39. The summed E-state index contributed by atoms with van der Waals surface area (Å²) in [4.78, 5) is 6.91. The van der Waals surface area contributed by atoms with Gasteiger partial charge in [-0.2, -0.15) is 10.1 Å². The number of nitrogens with zero attached hydrogens (tertiary/aromatic N) is 5. The fraction of sp³-hybridized carbons (Fsp3) is 0.312. The molecule has 1 fully saturated rings. The molecule has 7 nitrogen and oxygen atoms in total. The molecule has 3 aromatic rings. The summed E-state index contributed by atoms with van der Waals surface area (Å²) < 4.78 is 7.23. The van der Waals surface area contributed by atoms with Gasteiger partial charge in [-0.15, -0.1) is 5.10 Å². The van der Waals surface area contributed by atoms with E-state index in [1.165, 1.54) is 0 Å². The molecule has 1 aliphatic rings. The molecule has 1 aliphatic heterocycles. The lowest BCUT2D eigenvalue weighted by molar-refractivity contribution is 0.121. The number of aromatic amines is 1. The van der Waals surface area contributed by atoms with Crippen molar-refractivity contribution in [3.8, 4) is 22.5 Å². The summed E-state index contributed by atoms with van der Waals surface area (Å²) in [6.07, 6.45) is 3.69. The Morgan fingerprint density at radius 3 is 2.48 bits per heavy atom. The van der Waals surface area contributed by atoms with Crippen molar-refractivity contribution < 1.29 is 4.74 Å². The van der Waals surface area contributed by atoms with E-state index in [4.69, 9.17) is 9.72 Å². The van der Waals surface area contributed by atoms with E-state index in [1.54, 1.807) is 0 Å².